The van der Waals surface area contributed by atoms with Gasteiger partial charge in [0.05, 0.1) is 6.61 Å². The Balaban J connectivity index is 4.41. The second kappa shape index (κ2) is 7.41. The van der Waals surface area contributed by atoms with Crippen molar-refractivity contribution in [2.45, 2.75) is 20.3 Å². The molecule has 0 atom stereocenters. The summed E-state index contributed by atoms with van der Waals surface area (Å²) < 4.78 is 5.52. The fourth-order valence-corrected chi connectivity index (χ4v) is 0.871. The number of hydrogen-bond acceptors (Lipinski definition) is 1. The highest BCUT2D eigenvalue weighted by atomic mass is 16.5. The van der Waals surface area contributed by atoms with E-state index in [0.29, 0.717) is 0 Å². The van der Waals surface area contributed by atoms with Gasteiger partial charge in [-0.25, -0.2) is 0 Å². The topological polar surface area (TPSA) is 9.23 Å². The second-order valence-corrected chi connectivity index (χ2v) is 2.70. The smallest absolute Gasteiger partial charge is 0.122 e. The highest BCUT2D eigenvalue weighted by molar-refractivity contribution is 5.29. The first kappa shape index (κ1) is 11.8. The third-order valence-corrected chi connectivity index (χ3v) is 1.49. The van der Waals surface area contributed by atoms with Crippen LogP contribution in [0.2, 0.25) is 0 Å². The summed E-state index contributed by atoms with van der Waals surface area (Å²) in [6.07, 6.45) is 8.28. The van der Waals surface area contributed by atoms with Crippen molar-refractivity contribution < 1.29 is 4.74 Å². The van der Waals surface area contributed by atoms with Gasteiger partial charge in [0, 0.05) is 0 Å². The third-order valence-electron chi connectivity index (χ3n) is 1.49. The molecule has 0 aromatic rings. The first-order chi connectivity index (χ1) is 6.26. The van der Waals surface area contributed by atoms with Crippen LogP contribution in [-0.4, -0.2) is 6.61 Å². The van der Waals surface area contributed by atoms with Crippen LogP contribution in [0.1, 0.15) is 20.3 Å². The Bertz CT molecular complexity index is 221. The van der Waals surface area contributed by atoms with Crippen molar-refractivity contribution in [3.05, 3.63) is 48.8 Å². The molecule has 0 saturated carbocycles. The number of hydrogen-bond donors (Lipinski definition) is 0. The van der Waals surface area contributed by atoms with Crippen molar-refractivity contribution in [3.63, 3.8) is 0 Å². The van der Waals surface area contributed by atoms with E-state index >= 15 is 0 Å². The van der Waals surface area contributed by atoms with Gasteiger partial charge in [0.1, 0.15) is 5.76 Å². The van der Waals surface area contributed by atoms with E-state index in [-0.39, 0.29) is 0 Å². The molecule has 0 heterocycles. The zero-order valence-corrected chi connectivity index (χ0v) is 8.55. The molecule has 0 radical (unpaired) electrons. The zero-order valence-electron chi connectivity index (χ0n) is 8.55. The Hall–Kier alpha value is -1.24. The highest BCUT2D eigenvalue weighted by Crippen LogP contribution is 2.11. The molecule has 0 bridgehead atoms. The predicted molar refractivity (Wildman–Crippen MR) is 58.5 cm³/mol. The third kappa shape index (κ3) is 5.07. The van der Waals surface area contributed by atoms with Crippen LogP contribution in [0.3, 0.4) is 0 Å². The molecule has 72 valence electrons. The summed E-state index contributed by atoms with van der Waals surface area (Å²) >= 11 is 0. The van der Waals surface area contributed by atoms with Crippen molar-refractivity contribution in [2.24, 2.45) is 0 Å². The van der Waals surface area contributed by atoms with Crippen LogP contribution in [0.5, 0.6) is 0 Å². The van der Waals surface area contributed by atoms with Crippen LogP contribution in [0.15, 0.2) is 48.8 Å². The SMILES string of the molecule is C=C/C=C(C)\C(=C/C=C)OCCC. The van der Waals surface area contributed by atoms with Crippen molar-refractivity contribution in [2.75, 3.05) is 6.61 Å². The molecular formula is C12H18O. The van der Waals surface area contributed by atoms with Gasteiger partial charge in [0.25, 0.3) is 0 Å². The summed E-state index contributed by atoms with van der Waals surface area (Å²) in [4.78, 5) is 0. The van der Waals surface area contributed by atoms with E-state index in [1.807, 2.05) is 19.1 Å². The number of allylic oxidation sites excluding steroid dienone is 5. The molecule has 0 unspecified atom stereocenters. The number of rotatable bonds is 6. The molecule has 0 spiro atoms. The maximum absolute atomic E-state index is 5.52. The van der Waals surface area contributed by atoms with Gasteiger partial charge in [-0.1, -0.05) is 38.3 Å². The lowest BCUT2D eigenvalue weighted by Crippen LogP contribution is -1.94. The largest absolute Gasteiger partial charge is 0.493 e. The molecule has 0 aliphatic carbocycles. The Labute approximate surface area is 81.1 Å². The van der Waals surface area contributed by atoms with E-state index in [2.05, 4.69) is 20.1 Å². The molecule has 0 saturated heterocycles. The quantitative estimate of drug-likeness (QED) is 0.446. The van der Waals surface area contributed by atoms with Gasteiger partial charge in [-0.2, -0.15) is 0 Å². The van der Waals surface area contributed by atoms with Gasteiger partial charge >= 0.3 is 0 Å². The molecule has 0 aromatic carbocycles. The van der Waals surface area contributed by atoms with Crippen molar-refractivity contribution >= 4 is 0 Å². The van der Waals surface area contributed by atoms with E-state index in [1.165, 1.54) is 0 Å². The maximum atomic E-state index is 5.52. The lowest BCUT2D eigenvalue weighted by molar-refractivity contribution is 0.220. The molecular weight excluding hydrogens is 160 g/mol. The second-order valence-electron chi connectivity index (χ2n) is 2.70. The maximum Gasteiger partial charge on any atom is 0.122 e. The van der Waals surface area contributed by atoms with Gasteiger partial charge in [0.2, 0.25) is 0 Å². The molecule has 0 aliphatic rings. The minimum Gasteiger partial charge on any atom is -0.493 e. The number of ether oxygens (including phenoxy) is 1. The standard InChI is InChI=1S/C12H18O/c1-5-8-11(4)12(9-6-2)13-10-7-3/h5-6,8-9H,1-2,7,10H2,3-4H3/b11-8-,12-9+. The Morgan fingerprint density at radius 1 is 1.23 bits per heavy atom. The summed E-state index contributed by atoms with van der Waals surface area (Å²) in [5.41, 5.74) is 1.07. The minimum atomic E-state index is 0.738. The van der Waals surface area contributed by atoms with Gasteiger partial charge in [-0.05, 0) is 25.0 Å². The van der Waals surface area contributed by atoms with Crippen LogP contribution < -0.4 is 0 Å². The first-order valence-electron chi connectivity index (χ1n) is 4.51. The monoisotopic (exact) mass is 178 g/mol. The molecule has 1 nitrogen and oxygen atoms in total. The van der Waals surface area contributed by atoms with Gasteiger partial charge in [-0.15, -0.1) is 0 Å². The van der Waals surface area contributed by atoms with Crippen molar-refractivity contribution in [1.82, 2.24) is 0 Å². The van der Waals surface area contributed by atoms with E-state index in [1.54, 1.807) is 12.2 Å². The molecule has 0 N–H and O–H groups in total. The first-order valence-corrected chi connectivity index (χ1v) is 4.51. The van der Waals surface area contributed by atoms with Gasteiger partial charge in [-0.3, -0.25) is 0 Å². The van der Waals surface area contributed by atoms with E-state index in [0.717, 1.165) is 24.4 Å². The van der Waals surface area contributed by atoms with Crippen LogP contribution in [0.25, 0.3) is 0 Å². The zero-order chi connectivity index (χ0) is 10.1. The normalized spacial score (nSPS) is 12.5. The highest BCUT2D eigenvalue weighted by Gasteiger charge is 1.97. The van der Waals surface area contributed by atoms with E-state index in [9.17, 15) is 0 Å². The predicted octanol–water partition coefficient (Wildman–Crippen LogP) is 3.62. The fraction of sp³-hybridized carbons (Fsp3) is 0.333. The molecule has 0 rings (SSSR count). The van der Waals surface area contributed by atoms with Gasteiger partial charge < -0.3 is 4.74 Å². The Morgan fingerprint density at radius 3 is 2.31 bits per heavy atom. The van der Waals surface area contributed by atoms with E-state index < -0.39 is 0 Å². The lowest BCUT2D eigenvalue weighted by atomic mass is 10.2. The summed E-state index contributed by atoms with van der Waals surface area (Å²) in [5, 5.41) is 0. The van der Waals surface area contributed by atoms with Crippen LogP contribution in [0.4, 0.5) is 0 Å². The molecule has 0 fully saturated rings. The lowest BCUT2D eigenvalue weighted by Gasteiger charge is -2.08. The van der Waals surface area contributed by atoms with Crippen LogP contribution >= 0.6 is 0 Å². The summed E-state index contributed by atoms with van der Waals surface area (Å²) in [6.45, 7) is 12.1. The van der Waals surface area contributed by atoms with Gasteiger partial charge in [0.15, 0.2) is 0 Å². The molecule has 13 heavy (non-hydrogen) atoms. The molecule has 0 aromatic heterocycles. The van der Waals surface area contributed by atoms with Crippen molar-refractivity contribution in [3.8, 4) is 0 Å². The molecule has 1 heteroatoms. The average molecular weight is 178 g/mol. The Morgan fingerprint density at radius 2 is 1.85 bits per heavy atom. The molecule has 0 aliphatic heterocycles. The fourth-order valence-electron chi connectivity index (χ4n) is 0.871. The average Bonchev–Trinajstić information content (AvgIpc) is 2.12. The molecule has 0 amide bonds. The minimum absolute atomic E-state index is 0.738. The summed E-state index contributed by atoms with van der Waals surface area (Å²) in [5.74, 6) is 0.872. The van der Waals surface area contributed by atoms with E-state index in [4.69, 9.17) is 4.74 Å². The summed E-state index contributed by atoms with van der Waals surface area (Å²) in [6, 6.07) is 0. The van der Waals surface area contributed by atoms with Crippen LogP contribution in [0, 0.1) is 0 Å². The van der Waals surface area contributed by atoms with Crippen molar-refractivity contribution in [1.29, 1.82) is 0 Å². The summed E-state index contributed by atoms with van der Waals surface area (Å²) in [7, 11) is 0. The van der Waals surface area contributed by atoms with Crippen LogP contribution in [-0.2, 0) is 4.74 Å². The Kier molecular flexibility index (Phi) is 6.70.